The number of nitrogens with one attached hydrogen (secondary N) is 2. The molecule has 0 bridgehead atoms. The van der Waals surface area contributed by atoms with Crippen molar-refractivity contribution >= 4 is 34.6 Å². The standard InChI is InChI=1S/C15H20N4O3S/c1-4-22-10-5-6-11-12(7-10)18-15(17-11)23-9-14(21)19(3)8-13(20)16-2/h5-7H,4,8-9H2,1-3H3,(H,16,20)(H,17,18). The number of benzene rings is 1. The molecule has 0 aliphatic carbocycles. The average molecular weight is 336 g/mol. The molecule has 2 aromatic rings. The summed E-state index contributed by atoms with van der Waals surface area (Å²) in [6.45, 7) is 2.58. The summed E-state index contributed by atoms with van der Waals surface area (Å²) in [5.41, 5.74) is 1.69. The Bertz CT molecular complexity index is 701. The minimum Gasteiger partial charge on any atom is -0.494 e. The van der Waals surface area contributed by atoms with Crippen LogP contribution >= 0.6 is 11.8 Å². The first-order valence-corrected chi connectivity index (χ1v) is 8.22. The zero-order valence-corrected chi connectivity index (χ0v) is 14.2. The van der Waals surface area contributed by atoms with Crippen molar-refractivity contribution in [1.29, 1.82) is 0 Å². The van der Waals surface area contributed by atoms with Crippen LogP contribution in [0.4, 0.5) is 0 Å². The van der Waals surface area contributed by atoms with Crippen molar-refractivity contribution in [3.05, 3.63) is 18.2 Å². The highest BCUT2D eigenvalue weighted by Gasteiger charge is 2.13. The van der Waals surface area contributed by atoms with Gasteiger partial charge in [0.15, 0.2) is 5.16 Å². The largest absolute Gasteiger partial charge is 0.494 e. The van der Waals surface area contributed by atoms with Crippen LogP contribution in [-0.4, -0.2) is 59.7 Å². The third-order valence-electron chi connectivity index (χ3n) is 3.16. The van der Waals surface area contributed by atoms with E-state index >= 15 is 0 Å². The summed E-state index contributed by atoms with van der Waals surface area (Å²) in [4.78, 5) is 32.2. The van der Waals surface area contributed by atoms with E-state index < -0.39 is 0 Å². The number of fused-ring (bicyclic) bond motifs is 1. The third kappa shape index (κ3) is 4.62. The summed E-state index contributed by atoms with van der Waals surface area (Å²) >= 11 is 1.31. The molecule has 7 nitrogen and oxygen atoms in total. The Labute approximate surface area is 138 Å². The van der Waals surface area contributed by atoms with Gasteiger partial charge in [-0.15, -0.1) is 0 Å². The number of hydrogen-bond acceptors (Lipinski definition) is 5. The van der Waals surface area contributed by atoms with Gasteiger partial charge in [-0.05, 0) is 19.1 Å². The Balaban J connectivity index is 1.96. The normalized spacial score (nSPS) is 10.6. The maximum Gasteiger partial charge on any atom is 0.239 e. The number of rotatable bonds is 7. The lowest BCUT2D eigenvalue weighted by molar-refractivity contribution is -0.132. The van der Waals surface area contributed by atoms with Crippen molar-refractivity contribution in [2.75, 3.05) is 33.0 Å². The van der Waals surface area contributed by atoms with Gasteiger partial charge < -0.3 is 19.9 Å². The number of ether oxygens (including phenoxy) is 1. The van der Waals surface area contributed by atoms with Crippen molar-refractivity contribution in [3.8, 4) is 5.75 Å². The van der Waals surface area contributed by atoms with Crippen LogP contribution in [0, 0.1) is 0 Å². The Hall–Kier alpha value is -2.22. The quantitative estimate of drug-likeness (QED) is 0.743. The number of likely N-dealkylation sites (N-methyl/N-ethyl adjacent to an activating group) is 2. The Morgan fingerprint density at radius 2 is 2.22 bits per heavy atom. The first kappa shape index (κ1) is 17.1. The summed E-state index contributed by atoms with van der Waals surface area (Å²) in [6.07, 6.45) is 0. The molecule has 0 atom stereocenters. The maximum atomic E-state index is 12.0. The van der Waals surface area contributed by atoms with Crippen LogP contribution in [0.25, 0.3) is 11.0 Å². The molecule has 124 valence electrons. The van der Waals surface area contributed by atoms with E-state index in [0.717, 1.165) is 16.8 Å². The number of thioether (sulfide) groups is 1. The van der Waals surface area contributed by atoms with Gasteiger partial charge in [0, 0.05) is 20.2 Å². The van der Waals surface area contributed by atoms with Gasteiger partial charge in [0.25, 0.3) is 0 Å². The van der Waals surface area contributed by atoms with Crippen LogP contribution in [0.5, 0.6) is 5.75 Å². The SMILES string of the molecule is CCOc1ccc2nc(SCC(=O)N(C)CC(=O)NC)[nH]c2c1. The van der Waals surface area contributed by atoms with Crippen LogP contribution in [-0.2, 0) is 9.59 Å². The van der Waals surface area contributed by atoms with E-state index in [9.17, 15) is 9.59 Å². The fourth-order valence-electron chi connectivity index (χ4n) is 1.91. The molecule has 1 heterocycles. The van der Waals surface area contributed by atoms with Gasteiger partial charge in [-0.3, -0.25) is 9.59 Å². The van der Waals surface area contributed by atoms with Gasteiger partial charge in [-0.1, -0.05) is 11.8 Å². The number of nitrogens with zero attached hydrogens (tertiary/aromatic N) is 2. The van der Waals surface area contributed by atoms with E-state index in [1.54, 1.807) is 14.1 Å². The lowest BCUT2D eigenvalue weighted by atomic mass is 10.3. The number of hydrogen-bond donors (Lipinski definition) is 2. The molecule has 0 spiro atoms. The predicted molar refractivity (Wildman–Crippen MR) is 89.7 cm³/mol. The number of carbonyl (C=O) groups excluding carboxylic acids is 2. The Kier molecular flexibility index (Phi) is 5.86. The minimum absolute atomic E-state index is 0.0493. The predicted octanol–water partition coefficient (Wildman–Crippen LogP) is 1.26. The molecule has 1 aromatic carbocycles. The van der Waals surface area contributed by atoms with Crippen LogP contribution in [0.15, 0.2) is 23.4 Å². The number of amides is 2. The molecule has 0 aliphatic rings. The fraction of sp³-hybridized carbons (Fsp3) is 0.400. The maximum absolute atomic E-state index is 12.0. The monoisotopic (exact) mass is 336 g/mol. The molecule has 2 amide bonds. The van der Waals surface area contributed by atoms with E-state index in [1.165, 1.54) is 16.7 Å². The number of H-pyrrole nitrogens is 1. The van der Waals surface area contributed by atoms with E-state index in [1.807, 2.05) is 25.1 Å². The molecule has 0 aliphatic heterocycles. The van der Waals surface area contributed by atoms with Gasteiger partial charge in [-0.25, -0.2) is 4.98 Å². The Morgan fingerprint density at radius 1 is 1.43 bits per heavy atom. The molecule has 0 saturated carbocycles. The molecule has 2 N–H and O–H groups in total. The summed E-state index contributed by atoms with van der Waals surface area (Å²) in [7, 11) is 3.14. The molecule has 0 unspecified atom stereocenters. The van der Waals surface area contributed by atoms with Crippen molar-refractivity contribution in [3.63, 3.8) is 0 Å². The first-order valence-electron chi connectivity index (χ1n) is 7.23. The second-order valence-corrected chi connectivity index (χ2v) is 5.83. The summed E-state index contributed by atoms with van der Waals surface area (Å²) < 4.78 is 5.45. The number of aromatic amines is 1. The molecule has 2 rings (SSSR count). The fourth-order valence-corrected chi connectivity index (χ4v) is 2.74. The van der Waals surface area contributed by atoms with Crippen molar-refractivity contribution in [2.24, 2.45) is 0 Å². The zero-order valence-electron chi connectivity index (χ0n) is 13.4. The summed E-state index contributed by atoms with van der Waals surface area (Å²) in [5, 5.41) is 3.15. The van der Waals surface area contributed by atoms with Gasteiger partial charge in [0.1, 0.15) is 5.75 Å². The average Bonchev–Trinajstić information content (AvgIpc) is 2.94. The van der Waals surface area contributed by atoms with Gasteiger partial charge in [0.05, 0.1) is 29.9 Å². The number of imidazole rings is 1. The van der Waals surface area contributed by atoms with Crippen LogP contribution in [0.3, 0.4) is 0 Å². The summed E-state index contributed by atoms with van der Waals surface area (Å²) in [6, 6.07) is 5.62. The van der Waals surface area contributed by atoms with Crippen molar-refractivity contribution in [2.45, 2.75) is 12.1 Å². The second kappa shape index (κ2) is 7.87. The molecule has 8 heteroatoms. The highest BCUT2D eigenvalue weighted by molar-refractivity contribution is 7.99. The van der Waals surface area contributed by atoms with Gasteiger partial charge in [-0.2, -0.15) is 0 Å². The molecule has 23 heavy (non-hydrogen) atoms. The van der Waals surface area contributed by atoms with Crippen molar-refractivity contribution < 1.29 is 14.3 Å². The van der Waals surface area contributed by atoms with E-state index in [2.05, 4.69) is 15.3 Å². The van der Waals surface area contributed by atoms with Gasteiger partial charge >= 0.3 is 0 Å². The first-order chi connectivity index (χ1) is 11.0. The molecule has 0 radical (unpaired) electrons. The van der Waals surface area contributed by atoms with Crippen LogP contribution in [0.2, 0.25) is 0 Å². The lowest BCUT2D eigenvalue weighted by Gasteiger charge is -2.15. The minimum atomic E-state index is -0.196. The Morgan fingerprint density at radius 3 is 2.91 bits per heavy atom. The number of aromatic nitrogens is 2. The van der Waals surface area contributed by atoms with Crippen molar-refractivity contribution in [1.82, 2.24) is 20.2 Å². The molecular formula is C15H20N4O3S. The van der Waals surface area contributed by atoms with Crippen LogP contribution in [0.1, 0.15) is 6.92 Å². The molecule has 0 saturated heterocycles. The second-order valence-electron chi connectivity index (χ2n) is 4.87. The van der Waals surface area contributed by atoms with E-state index in [0.29, 0.717) is 11.8 Å². The highest BCUT2D eigenvalue weighted by atomic mass is 32.2. The lowest BCUT2D eigenvalue weighted by Crippen LogP contribution is -2.37. The summed E-state index contributed by atoms with van der Waals surface area (Å²) in [5.74, 6) is 0.666. The molecular weight excluding hydrogens is 316 g/mol. The third-order valence-corrected chi connectivity index (χ3v) is 4.02. The zero-order chi connectivity index (χ0) is 16.8. The smallest absolute Gasteiger partial charge is 0.239 e. The van der Waals surface area contributed by atoms with E-state index in [-0.39, 0.29) is 24.1 Å². The molecule has 1 aromatic heterocycles. The number of carbonyl (C=O) groups is 2. The highest BCUT2D eigenvalue weighted by Crippen LogP contribution is 2.23. The van der Waals surface area contributed by atoms with E-state index in [4.69, 9.17) is 4.74 Å². The van der Waals surface area contributed by atoms with Crippen LogP contribution < -0.4 is 10.1 Å². The van der Waals surface area contributed by atoms with Gasteiger partial charge in [0.2, 0.25) is 11.8 Å². The topological polar surface area (TPSA) is 87.3 Å². The molecule has 0 fully saturated rings.